The summed E-state index contributed by atoms with van der Waals surface area (Å²) in [6.07, 6.45) is -0.127. The molecule has 0 bridgehead atoms. The van der Waals surface area contributed by atoms with Crippen LogP contribution in [-0.4, -0.2) is 70.6 Å². The van der Waals surface area contributed by atoms with Crippen molar-refractivity contribution in [2.24, 2.45) is 11.8 Å². The molecule has 1 heterocycles. The minimum absolute atomic E-state index is 0.00265. The summed E-state index contributed by atoms with van der Waals surface area (Å²) in [5.74, 6) is -3.14. The Morgan fingerprint density at radius 3 is 2.32 bits per heavy atom. The van der Waals surface area contributed by atoms with E-state index in [1.54, 1.807) is 18.2 Å². The van der Waals surface area contributed by atoms with Gasteiger partial charge in [-0.3, -0.25) is 4.79 Å². The smallest absolute Gasteiger partial charge is 0.335 e. The number of nitrogens with one attached hydrogen (secondary N) is 1. The van der Waals surface area contributed by atoms with E-state index in [4.69, 9.17) is 70.1 Å². The Labute approximate surface area is 313 Å². The van der Waals surface area contributed by atoms with Gasteiger partial charge in [0.1, 0.15) is 30.6 Å². The van der Waals surface area contributed by atoms with Gasteiger partial charge in [-0.2, -0.15) is 0 Å². The molecule has 0 aromatic heterocycles. The molecule has 14 heteroatoms. The molecule has 0 saturated carbocycles. The molecular weight excluding hydrogens is 732 g/mol. The van der Waals surface area contributed by atoms with Gasteiger partial charge in [-0.25, -0.2) is 9.59 Å². The molecule has 2 N–H and O–H groups in total. The Bertz CT molecular complexity index is 1470. The molecule has 1 aliphatic rings. The van der Waals surface area contributed by atoms with Crippen molar-refractivity contribution < 1.29 is 43.2 Å². The number of methoxy groups -OCH3 is 1. The van der Waals surface area contributed by atoms with Crippen LogP contribution in [0.1, 0.15) is 64.7 Å². The van der Waals surface area contributed by atoms with Crippen molar-refractivity contribution in [1.82, 2.24) is 5.32 Å². The number of hydrogen-bond donors (Lipinski definition) is 2. The second-order valence-electron chi connectivity index (χ2n) is 13.0. The molecule has 0 radical (unpaired) electrons. The number of halogens is 4. The molecular formula is C36H45Cl4NO9. The van der Waals surface area contributed by atoms with Crippen molar-refractivity contribution in [3.63, 3.8) is 0 Å². The number of amides is 1. The first kappa shape index (κ1) is 41.8. The fourth-order valence-electron chi connectivity index (χ4n) is 5.47. The van der Waals surface area contributed by atoms with Crippen LogP contribution in [0.2, 0.25) is 5.02 Å². The summed E-state index contributed by atoms with van der Waals surface area (Å²) in [5.41, 5.74) is 1.49. The third kappa shape index (κ3) is 13.2. The number of aliphatic hydroxyl groups is 1. The van der Waals surface area contributed by atoms with Crippen LogP contribution in [0.4, 0.5) is 0 Å². The Morgan fingerprint density at radius 2 is 1.72 bits per heavy atom. The maximum absolute atomic E-state index is 13.2. The van der Waals surface area contributed by atoms with Crippen molar-refractivity contribution in [2.45, 2.75) is 93.9 Å². The largest absolute Gasteiger partial charge is 0.495 e. The highest BCUT2D eigenvalue weighted by atomic mass is 35.6. The molecule has 0 unspecified atom stereocenters. The quantitative estimate of drug-likeness (QED) is 0.104. The summed E-state index contributed by atoms with van der Waals surface area (Å²) in [7, 11) is 1.47. The van der Waals surface area contributed by atoms with Gasteiger partial charge < -0.3 is 34.1 Å². The minimum atomic E-state index is -1.86. The van der Waals surface area contributed by atoms with Crippen LogP contribution in [0.3, 0.4) is 0 Å². The van der Waals surface area contributed by atoms with Crippen LogP contribution in [0.5, 0.6) is 5.75 Å². The van der Waals surface area contributed by atoms with E-state index in [-0.39, 0.29) is 25.2 Å². The lowest BCUT2D eigenvalue weighted by atomic mass is 9.89. The molecule has 1 amide bonds. The number of alkyl halides is 3. The first-order valence-electron chi connectivity index (χ1n) is 16.2. The Kier molecular flexibility index (Phi) is 15.7. The fraction of sp³-hybridized carbons (Fsp3) is 0.528. The van der Waals surface area contributed by atoms with Crippen LogP contribution in [0.25, 0.3) is 0 Å². The molecule has 276 valence electrons. The molecule has 2 aromatic carbocycles. The molecule has 0 aliphatic carbocycles. The number of carbonyl (C=O) groups is 3. The topological polar surface area (TPSA) is 130 Å². The van der Waals surface area contributed by atoms with Gasteiger partial charge in [0.05, 0.1) is 18.2 Å². The molecule has 1 fully saturated rings. The summed E-state index contributed by atoms with van der Waals surface area (Å²) < 4.78 is 27.0. The van der Waals surface area contributed by atoms with Gasteiger partial charge in [0.25, 0.3) is 0 Å². The van der Waals surface area contributed by atoms with Crippen LogP contribution < -0.4 is 10.1 Å². The lowest BCUT2D eigenvalue weighted by molar-refractivity contribution is -0.170. The van der Waals surface area contributed by atoms with Crippen LogP contribution in [0, 0.1) is 11.8 Å². The van der Waals surface area contributed by atoms with Gasteiger partial charge in [0, 0.05) is 18.8 Å². The summed E-state index contributed by atoms with van der Waals surface area (Å²) in [6.45, 7) is 8.71. The molecule has 6 atom stereocenters. The SMILES string of the molecule is COc1ccc(C[C@@H](NC(=O)/C=C/C[C@H](OC(=O)[C@@H](O)CC(C)C)[C@H](C)[C@H]2OC(C)(C)O[C@@H]2c2ccccc2)C(=O)OCC(Cl)(Cl)Cl)cc1Cl. The van der Waals surface area contributed by atoms with Gasteiger partial charge in [-0.1, -0.05) is 110 Å². The minimum Gasteiger partial charge on any atom is -0.495 e. The van der Waals surface area contributed by atoms with Crippen molar-refractivity contribution in [2.75, 3.05) is 13.7 Å². The van der Waals surface area contributed by atoms with Crippen LogP contribution in [0.15, 0.2) is 60.7 Å². The van der Waals surface area contributed by atoms with E-state index in [0.717, 1.165) is 5.56 Å². The standard InChI is InChI=1S/C36H45Cl4NO9/c1-21(2)17-27(42)34(45)48-28(22(3)31-32(50-35(4,5)49-31)24-11-8-7-9-12-24)13-10-14-30(43)41-26(33(44)47-20-36(38,39)40)19-23-15-16-29(46-6)25(37)18-23/h7-12,14-16,18,21-22,26-28,31-32,42H,13,17,19-20H2,1-6H3,(H,41,43)/b14-10+/t22-,26+,27-,28-,31+,32+/m0/s1. The predicted octanol–water partition coefficient (Wildman–Crippen LogP) is 7.08. The third-order valence-corrected chi connectivity index (χ3v) is 8.49. The van der Waals surface area contributed by atoms with Gasteiger partial charge >= 0.3 is 11.9 Å². The maximum atomic E-state index is 13.2. The van der Waals surface area contributed by atoms with Crippen molar-refractivity contribution in [1.29, 1.82) is 0 Å². The lowest BCUT2D eigenvalue weighted by Gasteiger charge is -2.31. The number of carbonyl (C=O) groups excluding carboxylic acids is 3. The molecule has 1 aliphatic heterocycles. The van der Waals surface area contributed by atoms with E-state index in [9.17, 15) is 19.5 Å². The van der Waals surface area contributed by atoms with E-state index in [1.807, 2.05) is 65.0 Å². The monoisotopic (exact) mass is 775 g/mol. The second-order valence-corrected chi connectivity index (χ2v) is 15.9. The van der Waals surface area contributed by atoms with Crippen LogP contribution >= 0.6 is 46.4 Å². The fourth-order valence-corrected chi connectivity index (χ4v) is 5.92. The van der Waals surface area contributed by atoms with Gasteiger partial charge in [0.2, 0.25) is 9.70 Å². The Balaban J connectivity index is 1.82. The molecule has 50 heavy (non-hydrogen) atoms. The zero-order valence-electron chi connectivity index (χ0n) is 28.9. The summed E-state index contributed by atoms with van der Waals surface area (Å²) in [5, 5.41) is 13.5. The number of benzene rings is 2. The summed E-state index contributed by atoms with van der Waals surface area (Å²) >= 11 is 23.6. The lowest BCUT2D eigenvalue weighted by Crippen LogP contribution is -2.43. The molecule has 3 rings (SSSR count). The molecule has 1 saturated heterocycles. The van der Waals surface area contributed by atoms with E-state index in [1.165, 1.54) is 19.3 Å². The highest BCUT2D eigenvalue weighted by molar-refractivity contribution is 6.67. The van der Waals surface area contributed by atoms with Gasteiger partial charge in [0.15, 0.2) is 11.9 Å². The maximum Gasteiger partial charge on any atom is 0.335 e. The number of aliphatic hydroxyl groups excluding tert-OH is 1. The summed E-state index contributed by atoms with van der Waals surface area (Å²) in [6, 6.07) is 13.3. The first-order chi connectivity index (χ1) is 23.4. The number of hydrogen-bond acceptors (Lipinski definition) is 9. The average molecular weight is 778 g/mol. The number of esters is 2. The molecule has 2 aromatic rings. The Hall–Kier alpha value is -2.57. The zero-order valence-corrected chi connectivity index (χ0v) is 31.9. The van der Waals surface area contributed by atoms with Crippen molar-refractivity contribution in [3.05, 3.63) is 76.8 Å². The summed E-state index contributed by atoms with van der Waals surface area (Å²) in [4.78, 5) is 39.2. The highest BCUT2D eigenvalue weighted by Gasteiger charge is 2.47. The van der Waals surface area contributed by atoms with Gasteiger partial charge in [-0.05, 0) is 55.5 Å². The van der Waals surface area contributed by atoms with E-state index in [2.05, 4.69) is 5.32 Å². The molecule has 0 spiro atoms. The van der Waals surface area contributed by atoms with Crippen molar-refractivity contribution >= 4 is 64.2 Å². The van der Waals surface area contributed by atoms with E-state index in [0.29, 0.717) is 16.3 Å². The Morgan fingerprint density at radius 1 is 1.04 bits per heavy atom. The van der Waals surface area contributed by atoms with E-state index < -0.39 is 70.4 Å². The average Bonchev–Trinajstić information content (AvgIpc) is 3.37. The first-order valence-corrected chi connectivity index (χ1v) is 17.7. The number of ether oxygens (including phenoxy) is 5. The normalized spacial score (nSPS) is 19.8. The van der Waals surface area contributed by atoms with E-state index >= 15 is 0 Å². The number of rotatable bonds is 16. The second kappa shape index (κ2) is 18.8. The van der Waals surface area contributed by atoms with Crippen molar-refractivity contribution in [3.8, 4) is 5.75 Å². The predicted molar refractivity (Wildman–Crippen MR) is 192 cm³/mol. The highest BCUT2D eigenvalue weighted by Crippen LogP contribution is 2.43. The third-order valence-electron chi connectivity index (χ3n) is 7.87. The molecule has 10 nitrogen and oxygen atoms in total. The zero-order chi connectivity index (χ0) is 37.2. The van der Waals surface area contributed by atoms with Crippen LogP contribution in [-0.2, 0) is 39.8 Å². The van der Waals surface area contributed by atoms with Gasteiger partial charge in [-0.15, -0.1) is 0 Å².